The van der Waals surface area contributed by atoms with E-state index in [2.05, 4.69) is 14.8 Å². The second-order valence-corrected chi connectivity index (χ2v) is 8.38. The van der Waals surface area contributed by atoms with Crippen molar-refractivity contribution in [2.24, 2.45) is 10.7 Å². The molecule has 0 radical (unpaired) electrons. The molecule has 1 fully saturated rings. The first-order valence-electron chi connectivity index (χ1n) is 11.2. The highest BCUT2D eigenvalue weighted by molar-refractivity contribution is 6.10. The molecule has 1 saturated heterocycles. The number of anilines is 3. The van der Waals surface area contributed by atoms with E-state index >= 15 is 0 Å². The highest BCUT2D eigenvalue weighted by Crippen LogP contribution is 2.39. The van der Waals surface area contributed by atoms with Crippen LogP contribution in [-0.2, 0) is 11.2 Å². The van der Waals surface area contributed by atoms with Crippen LogP contribution in [0.15, 0.2) is 29.4 Å². The van der Waals surface area contributed by atoms with Gasteiger partial charge in [-0.05, 0) is 37.1 Å². The van der Waals surface area contributed by atoms with E-state index in [4.69, 9.17) is 20.4 Å². The second kappa shape index (κ2) is 10.1. The SMILES string of the molecule is Cc1cc(C=O)ccc1N1CCc2c(C(/C=N\CN)=C/N(C)C)nc(N3CCOCC3)nc21. The summed E-state index contributed by atoms with van der Waals surface area (Å²) in [7, 11) is 3.95. The van der Waals surface area contributed by atoms with E-state index in [1.54, 1.807) is 6.21 Å². The van der Waals surface area contributed by atoms with Gasteiger partial charge in [-0.2, -0.15) is 4.98 Å². The number of nitrogens with zero attached hydrogens (tertiary/aromatic N) is 6. The van der Waals surface area contributed by atoms with E-state index in [0.717, 1.165) is 66.2 Å². The van der Waals surface area contributed by atoms with Crippen LogP contribution in [0.3, 0.4) is 0 Å². The summed E-state index contributed by atoms with van der Waals surface area (Å²) in [5.41, 5.74) is 11.3. The van der Waals surface area contributed by atoms with E-state index in [0.29, 0.717) is 24.7 Å². The number of hydrogen-bond acceptors (Lipinski definition) is 9. The van der Waals surface area contributed by atoms with Crippen molar-refractivity contribution in [1.29, 1.82) is 0 Å². The fraction of sp³-hybridized carbons (Fsp3) is 0.417. The molecule has 1 aromatic carbocycles. The molecule has 1 aromatic heterocycles. The standard InChI is InChI=1S/C24H31N7O2/c1-17-12-18(15-32)4-5-21(17)31-7-6-20-22(19(13-26-16-25)14-29(2)3)27-24(28-23(20)31)30-8-10-33-11-9-30/h4-5,12-15H,6-11,16,25H2,1-3H3/b19-14+,26-13-. The molecule has 2 aliphatic heterocycles. The third-order valence-electron chi connectivity index (χ3n) is 5.76. The minimum Gasteiger partial charge on any atom is -0.383 e. The van der Waals surface area contributed by atoms with Crippen LogP contribution in [0, 0.1) is 6.92 Å². The number of ether oxygens (including phenoxy) is 1. The Morgan fingerprint density at radius 1 is 1.24 bits per heavy atom. The molecule has 3 heterocycles. The van der Waals surface area contributed by atoms with Crippen molar-refractivity contribution in [1.82, 2.24) is 14.9 Å². The Bertz CT molecular complexity index is 1070. The lowest BCUT2D eigenvalue weighted by atomic mass is 10.1. The lowest BCUT2D eigenvalue weighted by molar-refractivity contribution is 0.112. The first-order chi connectivity index (χ1) is 16.0. The quantitative estimate of drug-likeness (QED) is 0.506. The summed E-state index contributed by atoms with van der Waals surface area (Å²) in [6.45, 7) is 5.82. The van der Waals surface area contributed by atoms with Gasteiger partial charge in [-0.25, -0.2) is 4.98 Å². The van der Waals surface area contributed by atoms with E-state index in [1.165, 1.54) is 0 Å². The van der Waals surface area contributed by atoms with Crippen LogP contribution < -0.4 is 15.5 Å². The van der Waals surface area contributed by atoms with Gasteiger partial charge < -0.3 is 25.2 Å². The number of hydrogen-bond donors (Lipinski definition) is 1. The highest BCUT2D eigenvalue weighted by Gasteiger charge is 2.30. The molecule has 4 rings (SSSR count). The van der Waals surface area contributed by atoms with Gasteiger partial charge in [0.25, 0.3) is 0 Å². The smallest absolute Gasteiger partial charge is 0.228 e. The Balaban J connectivity index is 1.86. The fourth-order valence-electron chi connectivity index (χ4n) is 4.26. The minimum absolute atomic E-state index is 0.211. The maximum Gasteiger partial charge on any atom is 0.228 e. The van der Waals surface area contributed by atoms with Gasteiger partial charge >= 0.3 is 0 Å². The zero-order valence-corrected chi connectivity index (χ0v) is 19.5. The summed E-state index contributed by atoms with van der Waals surface area (Å²) in [5, 5.41) is 0. The monoisotopic (exact) mass is 449 g/mol. The van der Waals surface area contributed by atoms with Crippen molar-refractivity contribution in [2.75, 3.05) is 63.4 Å². The van der Waals surface area contributed by atoms with Crippen molar-refractivity contribution in [2.45, 2.75) is 13.3 Å². The highest BCUT2D eigenvalue weighted by atomic mass is 16.5. The fourth-order valence-corrected chi connectivity index (χ4v) is 4.26. The van der Waals surface area contributed by atoms with Gasteiger partial charge in [0.15, 0.2) is 0 Å². The molecule has 0 atom stereocenters. The van der Waals surface area contributed by atoms with Crippen LogP contribution >= 0.6 is 0 Å². The Morgan fingerprint density at radius 2 is 2.03 bits per heavy atom. The van der Waals surface area contributed by atoms with E-state index in [-0.39, 0.29) is 6.67 Å². The lowest BCUT2D eigenvalue weighted by Gasteiger charge is -2.29. The van der Waals surface area contributed by atoms with Crippen molar-refractivity contribution in [3.05, 3.63) is 46.8 Å². The number of carbonyl (C=O) groups excluding carboxylic acids is 1. The van der Waals surface area contributed by atoms with Gasteiger partial charge in [0.1, 0.15) is 12.1 Å². The van der Waals surface area contributed by atoms with E-state index < -0.39 is 0 Å². The average Bonchev–Trinajstić information content (AvgIpc) is 3.25. The van der Waals surface area contributed by atoms with Gasteiger partial charge in [-0.3, -0.25) is 9.79 Å². The van der Waals surface area contributed by atoms with Crippen LogP contribution in [0.25, 0.3) is 5.57 Å². The largest absolute Gasteiger partial charge is 0.383 e. The Labute approximate surface area is 194 Å². The molecular weight excluding hydrogens is 418 g/mol. The first-order valence-corrected chi connectivity index (χ1v) is 11.2. The summed E-state index contributed by atoms with van der Waals surface area (Å²) >= 11 is 0. The maximum absolute atomic E-state index is 11.2. The number of aryl methyl sites for hydroxylation is 1. The number of nitrogens with two attached hydrogens (primary N) is 1. The number of aliphatic imine (C=N–C) groups is 1. The number of allylic oxidation sites excluding steroid dienone is 1. The molecule has 2 N–H and O–H groups in total. The molecule has 9 nitrogen and oxygen atoms in total. The second-order valence-electron chi connectivity index (χ2n) is 8.38. The summed E-state index contributed by atoms with van der Waals surface area (Å²) < 4.78 is 5.54. The molecule has 174 valence electrons. The third kappa shape index (κ3) is 4.89. The van der Waals surface area contributed by atoms with E-state index in [1.807, 2.05) is 50.3 Å². The topological polar surface area (TPSA) is 100 Å². The molecule has 9 heteroatoms. The van der Waals surface area contributed by atoms with Gasteiger partial charge in [-0.1, -0.05) is 0 Å². The summed E-state index contributed by atoms with van der Waals surface area (Å²) in [6, 6.07) is 5.76. The number of aldehydes is 1. The molecule has 0 unspecified atom stereocenters. The van der Waals surface area contributed by atoms with Crippen molar-refractivity contribution in [3.63, 3.8) is 0 Å². The van der Waals surface area contributed by atoms with Crippen LogP contribution in [0.2, 0.25) is 0 Å². The number of aromatic nitrogens is 2. The molecule has 0 spiro atoms. The number of carbonyl (C=O) groups is 1. The first kappa shape index (κ1) is 22.9. The molecule has 0 amide bonds. The average molecular weight is 450 g/mol. The molecule has 0 bridgehead atoms. The zero-order valence-electron chi connectivity index (χ0n) is 19.5. The minimum atomic E-state index is 0.211. The molecule has 33 heavy (non-hydrogen) atoms. The van der Waals surface area contributed by atoms with Crippen molar-refractivity contribution >= 4 is 35.5 Å². The van der Waals surface area contributed by atoms with E-state index in [9.17, 15) is 4.79 Å². The third-order valence-corrected chi connectivity index (χ3v) is 5.76. The number of fused-ring (bicyclic) bond motifs is 1. The van der Waals surface area contributed by atoms with Crippen LogP contribution in [0.4, 0.5) is 17.5 Å². The van der Waals surface area contributed by atoms with Crippen LogP contribution in [0.5, 0.6) is 0 Å². The summed E-state index contributed by atoms with van der Waals surface area (Å²) in [5.74, 6) is 1.58. The predicted octanol–water partition coefficient (Wildman–Crippen LogP) is 2.02. The van der Waals surface area contributed by atoms with Crippen LogP contribution in [-0.4, -0.2) is 81.0 Å². The molecule has 2 aromatic rings. The maximum atomic E-state index is 11.2. The summed E-state index contributed by atoms with van der Waals surface area (Å²) in [6.07, 6.45) is 5.49. The van der Waals surface area contributed by atoms with Gasteiger partial charge in [-0.15, -0.1) is 0 Å². The number of morpholine rings is 1. The molecule has 2 aliphatic rings. The normalized spacial score (nSPS) is 16.4. The van der Waals surface area contributed by atoms with Gasteiger partial charge in [0.2, 0.25) is 5.95 Å². The van der Waals surface area contributed by atoms with Crippen molar-refractivity contribution < 1.29 is 9.53 Å². The molecular formula is C24H31N7O2. The Hall–Kier alpha value is -3.30. The van der Waals surface area contributed by atoms with Gasteiger partial charge in [0.05, 0.1) is 25.6 Å². The predicted molar refractivity (Wildman–Crippen MR) is 132 cm³/mol. The molecule has 0 aliphatic carbocycles. The van der Waals surface area contributed by atoms with Crippen molar-refractivity contribution in [3.8, 4) is 0 Å². The number of rotatable bonds is 7. The number of benzene rings is 1. The Morgan fingerprint density at radius 3 is 2.70 bits per heavy atom. The van der Waals surface area contributed by atoms with Crippen LogP contribution in [0.1, 0.15) is 27.2 Å². The molecule has 0 saturated carbocycles. The summed E-state index contributed by atoms with van der Waals surface area (Å²) in [4.78, 5) is 31.9. The Kier molecular flexibility index (Phi) is 7.00. The lowest BCUT2D eigenvalue weighted by Crippen LogP contribution is -2.37. The zero-order chi connectivity index (χ0) is 23.4. The van der Waals surface area contributed by atoms with Gasteiger partial charge in [0, 0.05) is 68.5 Å².